The fourth-order valence-corrected chi connectivity index (χ4v) is 2.91. The van der Waals surface area contributed by atoms with E-state index in [1.54, 1.807) is 12.4 Å². The summed E-state index contributed by atoms with van der Waals surface area (Å²) in [7, 11) is 0. The highest BCUT2D eigenvalue weighted by Crippen LogP contribution is 2.21. The Morgan fingerprint density at radius 2 is 1.67 bits per heavy atom. The van der Waals surface area contributed by atoms with Crippen molar-refractivity contribution in [1.29, 1.82) is 0 Å². The Hall–Kier alpha value is -2.73. The second kappa shape index (κ2) is 6.80. The predicted octanol–water partition coefficient (Wildman–Crippen LogP) is 2.45. The maximum Gasteiger partial charge on any atom is 0.225 e. The van der Waals surface area contributed by atoms with Gasteiger partial charge in [-0.25, -0.2) is 9.97 Å². The molecule has 24 heavy (non-hydrogen) atoms. The van der Waals surface area contributed by atoms with E-state index in [0.717, 1.165) is 55.7 Å². The number of hydrogen-bond acceptors (Lipinski definition) is 6. The molecule has 0 aliphatic carbocycles. The summed E-state index contributed by atoms with van der Waals surface area (Å²) < 4.78 is 5.48. The molecule has 122 valence electrons. The van der Waals surface area contributed by atoms with Crippen LogP contribution in [0.4, 0.5) is 5.95 Å². The van der Waals surface area contributed by atoms with Gasteiger partial charge in [0.15, 0.2) is 5.76 Å². The van der Waals surface area contributed by atoms with Crippen molar-refractivity contribution in [2.75, 3.05) is 31.1 Å². The molecule has 0 N–H and O–H groups in total. The van der Waals surface area contributed by atoms with E-state index in [0.29, 0.717) is 0 Å². The molecular formula is C18H19N5O. The summed E-state index contributed by atoms with van der Waals surface area (Å²) in [5.41, 5.74) is 2.03. The largest absolute Gasteiger partial charge is 0.356 e. The van der Waals surface area contributed by atoms with Gasteiger partial charge < -0.3 is 9.42 Å². The molecular weight excluding hydrogens is 302 g/mol. The van der Waals surface area contributed by atoms with E-state index in [9.17, 15) is 0 Å². The Kier molecular flexibility index (Phi) is 4.20. The molecule has 1 aromatic carbocycles. The fraction of sp³-hybridized carbons (Fsp3) is 0.278. The van der Waals surface area contributed by atoms with Crippen molar-refractivity contribution in [3.63, 3.8) is 0 Å². The molecule has 6 nitrogen and oxygen atoms in total. The van der Waals surface area contributed by atoms with E-state index in [4.69, 9.17) is 4.52 Å². The van der Waals surface area contributed by atoms with Gasteiger partial charge >= 0.3 is 0 Å². The summed E-state index contributed by atoms with van der Waals surface area (Å²) >= 11 is 0. The van der Waals surface area contributed by atoms with Crippen molar-refractivity contribution < 1.29 is 4.52 Å². The van der Waals surface area contributed by atoms with Gasteiger partial charge in [-0.2, -0.15) is 0 Å². The third-order valence-corrected chi connectivity index (χ3v) is 4.21. The zero-order chi connectivity index (χ0) is 16.2. The van der Waals surface area contributed by atoms with Crippen LogP contribution in [0, 0.1) is 0 Å². The predicted molar refractivity (Wildman–Crippen MR) is 91.5 cm³/mol. The standard InChI is InChI=1S/C18H19N5O/c1-2-5-15(6-3-1)17-13-16(21-24-17)14-22-9-11-23(12-10-22)18-19-7-4-8-20-18/h1-8,13H,9-12,14H2. The van der Waals surface area contributed by atoms with Crippen LogP contribution in [0.3, 0.4) is 0 Å². The molecule has 3 heterocycles. The summed E-state index contributed by atoms with van der Waals surface area (Å²) in [6.07, 6.45) is 3.57. The molecule has 1 aliphatic rings. The van der Waals surface area contributed by atoms with Crippen molar-refractivity contribution in [1.82, 2.24) is 20.0 Å². The summed E-state index contributed by atoms with van der Waals surface area (Å²) in [5.74, 6) is 1.63. The maximum absolute atomic E-state index is 5.48. The first-order valence-electron chi connectivity index (χ1n) is 8.14. The minimum atomic E-state index is 0.805. The molecule has 6 heteroatoms. The average molecular weight is 321 g/mol. The number of benzene rings is 1. The van der Waals surface area contributed by atoms with Crippen LogP contribution in [0.15, 0.2) is 59.4 Å². The molecule has 0 spiro atoms. The molecule has 0 bridgehead atoms. The van der Waals surface area contributed by atoms with E-state index in [1.165, 1.54) is 0 Å². The Morgan fingerprint density at radius 3 is 2.42 bits per heavy atom. The second-order valence-corrected chi connectivity index (χ2v) is 5.86. The van der Waals surface area contributed by atoms with Crippen LogP contribution in [0.25, 0.3) is 11.3 Å². The molecule has 0 saturated carbocycles. The molecule has 0 radical (unpaired) electrons. The first-order valence-corrected chi connectivity index (χ1v) is 8.14. The van der Waals surface area contributed by atoms with Gasteiger partial charge in [0, 0.05) is 56.7 Å². The number of hydrogen-bond donors (Lipinski definition) is 0. The van der Waals surface area contributed by atoms with Crippen LogP contribution < -0.4 is 4.90 Å². The molecule has 0 atom stereocenters. The zero-order valence-electron chi connectivity index (χ0n) is 13.4. The van der Waals surface area contributed by atoms with Gasteiger partial charge in [0.25, 0.3) is 0 Å². The number of piperazine rings is 1. The molecule has 3 aromatic rings. The van der Waals surface area contributed by atoms with Gasteiger partial charge in [-0.3, -0.25) is 4.90 Å². The third-order valence-electron chi connectivity index (χ3n) is 4.21. The van der Waals surface area contributed by atoms with E-state index in [1.807, 2.05) is 42.5 Å². The minimum absolute atomic E-state index is 0.805. The average Bonchev–Trinajstić information content (AvgIpc) is 3.12. The number of nitrogens with zero attached hydrogens (tertiary/aromatic N) is 5. The smallest absolute Gasteiger partial charge is 0.225 e. The maximum atomic E-state index is 5.48. The molecule has 0 unspecified atom stereocenters. The number of anilines is 1. The summed E-state index contributed by atoms with van der Waals surface area (Å²) in [4.78, 5) is 13.2. The van der Waals surface area contributed by atoms with Gasteiger partial charge in [-0.1, -0.05) is 35.5 Å². The van der Waals surface area contributed by atoms with E-state index in [-0.39, 0.29) is 0 Å². The van der Waals surface area contributed by atoms with E-state index in [2.05, 4.69) is 24.9 Å². The highest BCUT2D eigenvalue weighted by atomic mass is 16.5. The summed E-state index contributed by atoms with van der Waals surface area (Å²) in [6.45, 7) is 4.58. The monoisotopic (exact) mass is 321 g/mol. The lowest BCUT2D eigenvalue weighted by molar-refractivity contribution is 0.241. The van der Waals surface area contributed by atoms with Gasteiger partial charge in [-0.15, -0.1) is 0 Å². The zero-order valence-corrected chi connectivity index (χ0v) is 13.4. The van der Waals surface area contributed by atoms with Crippen molar-refractivity contribution >= 4 is 5.95 Å². The topological polar surface area (TPSA) is 58.3 Å². The highest BCUT2D eigenvalue weighted by molar-refractivity contribution is 5.56. The lowest BCUT2D eigenvalue weighted by atomic mass is 10.1. The van der Waals surface area contributed by atoms with Crippen LogP contribution in [-0.2, 0) is 6.54 Å². The quantitative estimate of drug-likeness (QED) is 0.736. The Morgan fingerprint density at radius 1 is 0.917 bits per heavy atom. The molecule has 1 saturated heterocycles. The third kappa shape index (κ3) is 3.28. The van der Waals surface area contributed by atoms with E-state index < -0.39 is 0 Å². The molecule has 0 amide bonds. The molecule has 2 aromatic heterocycles. The Bertz CT molecular complexity index is 766. The molecule has 4 rings (SSSR count). The van der Waals surface area contributed by atoms with E-state index >= 15 is 0 Å². The first kappa shape index (κ1) is 14.8. The second-order valence-electron chi connectivity index (χ2n) is 5.86. The van der Waals surface area contributed by atoms with Crippen LogP contribution in [0.2, 0.25) is 0 Å². The number of aromatic nitrogens is 3. The summed E-state index contributed by atoms with van der Waals surface area (Å²) in [5, 5.41) is 4.21. The summed E-state index contributed by atoms with van der Waals surface area (Å²) in [6, 6.07) is 13.9. The molecule has 1 aliphatic heterocycles. The van der Waals surface area contributed by atoms with Gasteiger partial charge in [0.05, 0.1) is 5.69 Å². The van der Waals surface area contributed by atoms with Gasteiger partial charge in [0.2, 0.25) is 5.95 Å². The lowest BCUT2D eigenvalue weighted by Gasteiger charge is -2.34. The van der Waals surface area contributed by atoms with Crippen LogP contribution in [0.1, 0.15) is 5.69 Å². The molecule has 1 fully saturated rings. The fourth-order valence-electron chi connectivity index (χ4n) is 2.91. The Labute approximate surface area is 140 Å². The SMILES string of the molecule is c1ccc(-c2cc(CN3CCN(c4ncccn4)CC3)no2)cc1. The highest BCUT2D eigenvalue weighted by Gasteiger charge is 2.20. The minimum Gasteiger partial charge on any atom is -0.356 e. The lowest BCUT2D eigenvalue weighted by Crippen LogP contribution is -2.46. The first-order chi connectivity index (χ1) is 11.9. The van der Waals surface area contributed by atoms with Gasteiger partial charge in [0.1, 0.15) is 0 Å². The van der Waals surface area contributed by atoms with Crippen LogP contribution >= 0.6 is 0 Å². The normalized spacial score (nSPS) is 15.6. The van der Waals surface area contributed by atoms with Gasteiger partial charge in [-0.05, 0) is 6.07 Å². The Balaban J connectivity index is 1.35. The van der Waals surface area contributed by atoms with Crippen LogP contribution in [0.5, 0.6) is 0 Å². The van der Waals surface area contributed by atoms with Crippen LogP contribution in [-0.4, -0.2) is 46.2 Å². The van der Waals surface area contributed by atoms with Crippen molar-refractivity contribution in [2.24, 2.45) is 0 Å². The van der Waals surface area contributed by atoms with Crippen molar-refractivity contribution in [3.05, 3.63) is 60.6 Å². The van der Waals surface area contributed by atoms with Crippen molar-refractivity contribution in [3.8, 4) is 11.3 Å². The number of rotatable bonds is 4. The van der Waals surface area contributed by atoms with Crippen molar-refractivity contribution in [2.45, 2.75) is 6.54 Å².